The molecule has 0 atom stereocenters. The SMILES string of the molecule is Cc1ccc(S(=O)(=O)Nc2ccnn2C(C)(C)C)cc1. The van der Waals surface area contributed by atoms with Gasteiger partial charge in [-0.3, -0.25) is 4.72 Å². The van der Waals surface area contributed by atoms with Gasteiger partial charge < -0.3 is 0 Å². The Labute approximate surface area is 119 Å². The molecule has 1 aromatic heterocycles. The second kappa shape index (κ2) is 4.94. The number of benzene rings is 1. The zero-order chi connectivity index (χ0) is 15.0. The molecule has 6 heteroatoms. The minimum Gasteiger partial charge on any atom is -0.264 e. The Bertz CT molecular complexity index is 695. The first-order chi connectivity index (χ1) is 9.20. The molecular formula is C14H19N3O2S. The van der Waals surface area contributed by atoms with Crippen LogP contribution in [0.3, 0.4) is 0 Å². The largest absolute Gasteiger partial charge is 0.264 e. The summed E-state index contributed by atoms with van der Waals surface area (Å²) in [5.41, 5.74) is 0.720. The van der Waals surface area contributed by atoms with Crippen LogP contribution in [0.4, 0.5) is 5.82 Å². The van der Waals surface area contributed by atoms with E-state index in [1.807, 2.05) is 27.7 Å². The molecule has 0 saturated carbocycles. The van der Waals surface area contributed by atoms with Crippen LogP contribution in [0.1, 0.15) is 26.3 Å². The molecule has 0 aliphatic carbocycles. The number of nitrogens with one attached hydrogen (secondary N) is 1. The average Bonchev–Trinajstić information content (AvgIpc) is 2.76. The number of sulfonamides is 1. The summed E-state index contributed by atoms with van der Waals surface area (Å²) in [6.07, 6.45) is 1.58. The van der Waals surface area contributed by atoms with Crippen LogP contribution < -0.4 is 4.72 Å². The highest BCUT2D eigenvalue weighted by Gasteiger charge is 2.21. The van der Waals surface area contributed by atoms with Gasteiger partial charge in [-0.05, 0) is 39.8 Å². The average molecular weight is 293 g/mol. The molecule has 0 unspecified atom stereocenters. The number of nitrogens with zero attached hydrogens (tertiary/aromatic N) is 2. The summed E-state index contributed by atoms with van der Waals surface area (Å²) < 4.78 is 28.9. The lowest BCUT2D eigenvalue weighted by atomic mass is 10.1. The van der Waals surface area contributed by atoms with Gasteiger partial charge in [-0.2, -0.15) is 5.10 Å². The van der Waals surface area contributed by atoms with Gasteiger partial charge in [-0.1, -0.05) is 17.7 Å². The molecule has 0 radical (unpaired) electrons. The number of hydrogen-bond donors (Lipinski definition) is 1. The van der Waals surface area contributed by atoms with E-state index in [1.165, 1.54) is 0 Å². The van der Waals surface area contributed by atoms with Crippen LogP contribution in [0.25, 0.3) is 0 Å². The van der Waals surface area contributed by atoms with Crippen molar-refractivity contribution in [1.29, 1.82) is 0 Å². The van der Waals surface area contributed by atoms with Gasteiger partial charge in [0, 0.05) is 6.07 Å². The molecule has 0 aliphatic rings. The van der Waals surface area contributed by atoms with Crippen LogP contribution >= 0.6 is 0 Å². The van der Waals surface area contributed by atoms with Crippen LogP contribution in [0.2, 0.25) is 0 Å². The Hall–Kier alpha value is -1.82. The van der Waals surface area contributed by atoms with E-state index in [0.717, 1.165) is 5.56 Å². The van der Waals surface area contributed by atoms with E-state index in [1.54, 1.807) is 41.2 Å². The maximum absolute atomic E-state index is 12.3. The van der Waals surface area contributed by atoms with Crippen molar-refractivity contribution in [3.8, 4) is 0 Å². The minimum atomic E-state index is -3.59. The first-order valence-corrected chi connectivity index (χ1v) is 7.82. The van der Waals surface area contributed by atoms with Gasteiger partial charge in [0.15, 0.2) is 0 Å². The summed E-state index contributed by atoms with van der Waals surface area (Å²) >= 11 is 0. The lowest BCUT2D eigenvalue weighted by molar-refractivity contribution is 0.361. The summed E-state index contributed by atoms with van der Waals surface area (Å²) in [7, 11) is -3.59. The quantitative estimate of drug-likeness (QED) is 0.946. The fourth-order valence-electron chi connectivity index (χ4n) is 1.83. The molecule has 1 aromatic carbocycles. The number of anilines is 1. The third-order valence-electron chi connectivity index (χ3n) is 2.85. The minimum absolute atomic E-state index is 0.241. The smallest absolute Gasteiger partial charge is 0.263 e. The molecule has 0 fully saturated rings. The van der Waals surface area contributed by atoms with Crippen molar-refractivity contribution in [1.82, 2.24) is 9.78 Å². The maximum Gasteiger partial charge on any atom is 0.263 e. The molecule has 2 aromatic rings. The lowest BCUT2D eigenvalue weighted by Gasteiger charge is -2.22. The summed E-state index contributed by atoms with van der Waals surface area (Å²) in [5.74, 6) is 0.457. The molecule has 0 aliphatic heterocycles. The standard InChI is InChI=1S/C14H19N3O2S/c1-11-5-7-12(8-6-11)20(18,19)16-13-9-10-15-17(13)14(2,3)4/h5-10,16H,1-4H3. The van der Waals surface area contributed by atoms with Crippen molar-refractivity contribution >= 4 is 15.8 Å². The number of aryl methyl sites for hydroxylation is 1. The third-order valence-corrected chi connectivity index (χ3v) is 4.22. The van der Waals surface area contributed by atoms with Crippen molar-refractivity contribution in [3.05, 3.63) is 42.1 Å². The van der Waals surface area contributed by atoms with E-state index in [0.29, 0.717) is 5.82 Å². The zero-order valence-electron chi connectivity index (χ0n) is 12.1. The van der Waals surface area contributed by atoms with Crippen molar-refractivity contribution in [2.45, 2.75) is 38.1 Å². The third kappa shape index (κ3) is 3.01. The Morgan fingerprint density at radius 3 is 2.25 bits per heavy atom. The number of rotatable bonds is 3. The van der Waals surface area contributed by atoms with E-state index in [-0.39, 0.29) is 10.4 Å². The summed E-state index contributed by atoms with van der Waals surface area (Å²) in [5, 5.41) is 4.17. The number of hydrogen-bond acceptors (Lipinski definition) is 3. The maximum atomic E-state index is 12.3. The molecule has 0 amide bonds. The molecule has 0 saturated heterocycles. The van der Waals surface area contributed by atoms with Crippen LogP contribution in [-0.4, -0.2) is 18.2 Å². The van der Waals surface area contributed by atoms with E-state index in [9.17, 15) is 8.42 Å². The highest BCUT2D eigenvalue weighted by molar-refractivity contribution is 7.92. The summed E-state index contributed by atoms with van der Waals surface area (Å²) in [4.78, 5) is 0.241. The van der Waals surface area contributed by atoms with E-state index in [2.05, 4.69) is 9.82 Å². The first-order valence-electron chi connectivity index (χ1n) is 6.34. The van der Waals surface area contributed by atoms with Crippen LogP contribution in [-0.2, 0) is 15.6 Å². The predicted octanol–water partition coefficient (Wildman–Crippen LogP) is 2.75. The first kappa shape index (κ1) is 14.6. The van der Waals surface area contributed by atoms with Gasteiger partial charge in [0.25, 0.3) is 10.0 Å². The van der Waals surface area contributed by atoms with Crippen LogP contribution in [0, 0.1) is 6.92 Å². The molecule has 5 nitrogen and oxygen atoms in total. The molecule has 0 bridgehead atoms. The normalized spacial score (nSPS) is 12.4. The molecule has 108 valence electrons. The van der Waals surface area contributed by atoms with Crippen molar-refractivity contribution in [3.63, 3.8) is 0 Å². The second-order valence-electron chi connectivity index (χ2n) is 5.72. The van der Waals surface area contributed by atoms with Gasteiger partial charge in [0.05, 0.1) is 16.6 Å². The highest BCUT2D eigenvalue weighted by atomic mass is 32.2. The van der Waals surface area contributed by atoms with Gasteiger partial charge in [-0.25, -0.2) is 13.1 Å². The molecule has 1 heterocycles. The molecular weight excluding hydrogens is 274 g/mol. The van der Waals surface area contributed by atoms with Gasteiger partial charge in [-0.15, -0.1) is 0 Å². The van der Waals surface area contributed by atoms with E-state index in [4.69, 9.17) is 0 Å². The fraction of sp³-hybridized carbons (Fsp3) is 0.357. The van der Waals surface area contributed by atoms with Crippen molar-refractivity contribution in [2.24, 2.45) is 0 Å². The molecule has 20 heavy (non-hydrogen) atoms. The second-order valence-corrected chi connectivity index (χ2v) is 7.40. The molecule has 1 N–H and O–H groups in total. The Balaban J connectivity index is 2.34. The molecule has 2 rings (SSSR count). The van der Waals surface area contributed by atoms with Crippen LogP contribution in [0.15, 0.2) is 41.4 Å². The van der Waals surface area contributed by atoms with Gasteiger partial charge in [0.1, 0.15) is 5.82 Å². The highest BCUT2D eigenvalue weighted by Crippen LogP contribution is 2.22. The topological polar surface area (TPSA) is 64.0 Å². The molecule has 0 spiro atoms. The zero-order valence-corrected chi connectivity index (χ0v) is 12.9. The van der Waals surface area contributed by atoms with Crippen molar-refractivity contribution < 1.29 is 8.42 Å². The fourth-order valence-corrected chi connectivity index (χ4v) is 2.87. The Kier molecular flexibility index (Phi) is 3.60. The predicted molar refractivity (Wildman–Crippen MR) is 79.2 cm³/mol. The van der Waals surface area contributed by atoms with Crippen molar-refractivity contribution in [2.75, 3.05) is 4.72 Å². The lowest BCUT2D eigenvalue weighted by Crippen LogP contribution is -2.26. The van der Waals surface area contributed by atoms with Crippen LogP contribution in [0.5, 0.6) is 0 Å². The monoisotopic (exact) mass is 293 g/mol. The van der Waals surface area contributed by atoms with Gasteiger partial charge in [0.2, 0.25) is 0 Å². The van der Waals surface area contributed by atoms with E-state index >= 15 is 0 Å². The Morgan fingerprint density at radius 2 is 1.70 bits per heavy atom. The van der Waals surface area contributed by atoms with E-state index < -0.39 is 10.0 Å². The van der Waals surface area contributed by atoms with Gasteiger partial charge >= 0.3 is 0 Å². The summed E-state index contributed by atoms with van der Waals surface area (Å²) in [6, 6.07) is 8.38. The Morgan fingerprint density at radius 1 is 1.10 bits per heavy atom. The number of aromatic nitrogens is 2. The summed E-state index contributed by atoms with van der Waals surface area (Å²) in [6.45, 7) is 7.80.